The molecule has 0 radical (unpaired) electrons. The molecule has 0 spiro atoms. The lowest BCUT2D eigenvalue weighted by molar-refractivity contribution is -0.136. The number of piperidine rings is 1. The van der Waals surface area contributed by atoms with Crippen molar-refractivity contribution in [3.8, 4) is 0 Å². The first-order chi connectivity index (χ1) is 11.5. The Balaban J connectivity index is 1.48. The van der Waals surface area contributed by atoms with Gasteiger partial charge in [-0.05, 0) is 45.2 Å². The van der Waals surface area contributed by atoms with E-state index >= 15 is 0 Å². The summed E-state index contributed by atoms with van der Waals surface area (Å²) in [6.07, 6.45) is 3.44. The molecule has 24 heavy (non-hydrogen) atoms. The van der Waals surface area contributed by atoms with Crippen molar-refractivity contribution in [1.82, 2.24) is 14.7 Å². The Morgan fingerprint density at radius 1 is 1.12 bits per heavy atom. The molecule has 1 unspecified atom stereocenters. The number of furan rings is 1. The fraction of sp³-hybridized carbons (Fsp3) is 0.667. The third-order valence-electron chi connectivity index (χ3n) is 5.09. The normalized spacial score (nSPS) is 22.7. The van der Waals surface area contributed by atoms with Gasteiger partial charge >= 0.3 is 0 Å². The average Bonchev–Trinajstić information content (AvgIpc) is 3.02. The first-order valence-corrected chi connectivity index (χ1v) is 8.92. The maximum atomic E-state index is 12.5. The Morgan fingerprint density at radius 2 is 1.88 bits per heavy atom. The van der Waals surface area contributed by atoms with Crippen molar-refractivity contribution in [2.45, 2.75) is 39.2 Å². The van der Waals surface area contributed by atoms with Crippen molar-refractivity contribution >= 4 is 11.8 Å². The van der Waals surface area contributed by atoms with Gasteiger partial charge in [0.05, 0.1) is 6.54 Å². The smallest absolute Gasteiger partial charge is 0.289 e. The lowest BCUT2D eigenvalue weighted by Gasteiger charge is -2.37. The lowest BCUT2D eigenvalue weighted by atomic mass is 10.0. The predicted molar refractivity (Wildman–Crippen MR) is 90.8 cm³/mol. The number of carbonyl (C=O) groups is 2. The number of nitrogens with zero attached hydrogens (tertiary/aromatic N) is 3. The third-order valence-corrected chi connectivity index (χ3v) is 5.09. The standard InChI is InChI=1S/C18H27N3O3/c1-14-5-3-4-8-21(14)17(22)13-19-9-11-20(12-10-19)18(23)16-7-6-15(2)24-16/h6-7,14H,3-5,8-13H2,1-2H3. The highest BCUT2D eigenvalue weighted by Crippen LogP contribution is 2.17. The molecular formula is C18H27N3O3. The summed E-state index contributed by atoms with van der Waals surface area (Å²) in [5.74, 6) is 1.32. The summed E-state index contributed by atoms with van der Waals surface area (Å²) in [4.78, 5) is 30.9. The van der Waals surface area contributed by atoms with Crippen LogP contribution in [0.1, 0.15) is 42.5 Å². The van der Waals surface area contributed by atoms with Crippen LogP contribution in [0.2, 0.25) is 0 Å². The van der Waals surface area contributed by atoms with Crippen molar-refractivity contribution in [1.29, 1.82) is 0 Å². The minimum absolute atomic E-state index is 0.0567. The minimum atomic E-state index is -0.0567. The van der Waals surface area contributed by atoms with Gasteiger partial charge in [-0.1, -0.05) is 0 Å². The highest BCUT2D eigenvalue weighted by Gasteiger charge is 2.28. The fourth-order valence-corrected chi connectivity index (χ4v) is 3.57. The Hall–Kier alpha value is -1.82. The topological polar surface area (TPSA) is 57.0 Å². The molecule has 1 atom stereocenters. The van der Waals surface area contributed by atoms with Crippen LogP contribution < -0.4 is 0 Å². The number of rotatable bonds is 3. The van der Waals surface area contributed by atoms with Gasteiger partial charge in [0.1, 0.15) is 5.76 Å². The second-order valence-corrected chi connectivity index (χ2v) is 6.91. The van der Waals surface area contributed by atoms with Crippen LogP contribution >= 0.6 is 0 Å². The van der Waals surface area contributed by atoms with Crippen molar-refractivity contribution < 1.29 is 14.0 Å². The summed E-state index contributed by atoms with van der Waals surface area (Å²) >= 11 is 0. The largest absolute Gasteiger partial charge is 0.456 e. The van der Waals surface area contributed by atoms with Crippen LogP contribution in [0, 0.1) is 6.92 Å². The molecule has 0 saturated carbocycles. The van der Waals surface area contributed by atoms with E-state index in [1.807, 2.05) is 22.8 Å². The number of hydrogen-bond acceptors (Lipinski definition) is 4. The van der Waals surface area contributed by atoms with E-state index in [2.05, 4.69) is 11.8 Å². The number of hydrogen-bond donors (Lipinski definition) is 0. The van der Waals surface area contributed by atoms with Crippen LogP contribution in [0.3, 0.4) is 0 Å². The van der Waals surface area contributed by atoms with E-state index in [-0.39, 0.29) is 11.8 Å². The Labute approximate surface area is 143 Å². The van der Waals surface area contributed by atoms with Crippen LogP contribution in [0.15, 0.2) is 16.5 Å². The fourth-order valence-electron chi connectivity index (χ4n) is 3.57. The van der Waals surface area contributed by atoms with Crippen molar-refractivity contribution in [3.63, 3.8) is 0 Å². The van der Waals surface area contributed by atoms with Gasteiger partial charge in [-0.3, -0.25) is 14.5 Å². The molecule has 2 fully saturated rings. The maximum absolute atomic E-state index is 12.5. The first-order valence-electron chi connectivity index (χ1n) is 8.92. The van der Waals surface area contributed by atoms with Gasteiger partial charge in [0.2, 0.25) is 5.91 Å². The quantitative estimate of drug-likeness (QED) is 0.845. The second-order valence-electron chi connectivity index (χ2n) is 6.91. The molecule has 1 aromatic heterocycles. The Morgan fingerprint density at radius 3 is 2.50 bits per heavy atom. The number of piperazine rings is 1. The highest BCUT2D eigenvalue weighted by molar-refractivity contribution is 5.91. The monoisotopic (exact) mass is 333 g/mol. The van der Waals surface area contributed by atoms with Crippen LogP contribution in [-0.2, 0) is 4.79 Å². The van der Waals surface area contributed by atoms with Crippen molar-refractivity contribution in [2.24, 2.45) is 0 Å². The molecule has 0 aromatic carbocycles. The Kier molecular flexibility index (Phi) is 5.23. The van der Waals surface area contributed by atoms with Gasteiger partial charge in [0.25, 0.3) is 5.91 Å². The number of likely N-dealkylation sites (tertiary alicyclic amines) is 1. The van der Waals surface area contributed by atoms with Crippen LogP contribution in [0.4, 0.5) is 0 Å². The van der Waals surface area contributed by atoms with E-state index in [9.17, 15) is 9.59 Å². The molecule has 6 heteroatoms. The summed E-state index contributed by atoms with van der Waals surface area (Å²) in [5, 5.41) is 0. The zero-order valence-electron chi connectivity index (χ0n) is 14.7. The highest BCUT2D eigenvalue weighted by atomic mass is 16.3. The van der Waals surface area contributed by atoms with E-state index in [1.165, 1.54) is 6.42 Å². The molecule has 0 aliphatic carbocycles. The molecule has 132 valence electrons. The summed E-state index contributed by atoms with van der Waals surface area (Å²) in [6, 6.07) is 3.89. The summed E-state index contributed by atoms with van der Waals surface area (Å²) in [5.41, 5.74) is 0. The number of aryl methyl sites for hydroxylation is 1. The average molecular weight is 333 g/mol. The second kappa shape index (κ2) is 7.38. The number of amides is 2. The zero-order valence-corrected chi connectivity index (χ0v) is 14.7. The van der Waals surface area contributed by atoms with Crippen LogP contribution in [0.25, 0.3) is 0 Å². The van der Waals surface area contributed by atoms with Gasteiger partial charge in [0.15, 0.2) is 5.76 Å². The summed E-state index contributed by atoms with van der Waals surface area (Å²) < 4.78 is 5.42. The molecule has 2 saturated heterocycles. The van der Waals surface area contributed by atoms with E-state index in [0.29, 0.717) is 31.4 Å². The molecule has 6 nitrogen and oxygen atoms in total. The third kappa shape index (κ3) is 3.80. The summed E-state index contributed by atoms with van der Waals surface area (Å²) in [6.45, 7) is 8.07. The van der Waals surface area contributed by atoms with E-state index < -0.39 is 0 Å². The van der Waals surface area contributed by atoms with Crippen LogP contribution in [0.5, 0.6) is 0 Å². The van der Waals surface area contributed by atoms with Crippen LogP contribution in [-0.4, -0.2) is 71.8 Å². The predicted octanol–water partition coefficient (Wildman–Crippen LogP) is 1.75. The Bertz CT molecular complexity index is 590. The van der Waals surface area contributed by atoms with Gasteiger partial charge < -0.3 is 14.2 Å². The summed E-state index contributed by atoms with van der Waals surface area (Å²) in [7, 11) is 0. The molecule has 2 aliphatic heterocycles. The molecule has 3 heterocycles. The van der Waals surface area contributed by atoms with Crippen molar-refractivity contribution in [3.05, 3.63) is 23.7 Å². The minimum Gasteiger partial charge on any atom is -0.456 e. The molecule has 2 aliphatic rings. The SMILES string of the molecule is Cc1ccc(C(=O)N2CCN(CC(=O)N3CCCCC3C)CC2)o1. The molecule has 0 bridgehead atoms. The van der Waals surface area contributed by atoms with Gasteiger partial charge in [-0.2, -0.15) is 0 Å². The lowest BCUT2D eigenvalue weighted by Crippen LogP contribution is -2.53. The molecule has 1 aromatic rings. The number of carbonyl (C=O) groups excluding carboxylic acids is 2. The van der Waals surface area contributed by atoms with Gasteiger partial charge in [-0.15, -0.1) is 0 Å². The molecular weight excluding hydrogens is 306 g/mol. The van der Waals surface area contributed by atoms with Crippen molar-refractivity contribution in [2.75, 3.05) is 39.3 Å². The zero-order chi connectivity index (χ0) is 17.1. The van der Waals surface area contributed by atoms with E-state index in [4.69, 9.17) is 4.42 Å². The van der Waals surface area contributed by atoms with Gasteiger partial charge in [-0.25, -0.2) is 0 Å². The first kappa shape index (κ1) is 17.0. The van der Waals surface area contributed by atoms with E-state index in [1.54, 1.807) is 6.07 Å². The maximum Gasteiger partial charge on any atom is 0.289 e. The molecule has 0 N–H and O–H groups in total. The van der Waals surface area contributed by atoms with Gasteiger partial charge in [0, 0.05) is 38.8 Å². The van der Waals surface area contributed by atoms with E-state index in [0.717, 1.165) is 38.2 Å². The molecule has 3 rings (SSSR count). The molecule has 2 amide bonds.